The van der Waals surface area contributed by atoms with Crippen molar-refractivity contribution in [1.82, 2.24) is 0 Å². The molecule has 0 aliphatic carbocycles. The Bertz CT molecular complexity index is 1370. The maximum absolute atomic E-state index is 13.4. The molecule has 0 saturated carbocycles. The average molecular weight is 486 g/mol. The minimum atomic E-state index is -0.898. The Kier molecular flexibility index (Phi) is 6.92. The molecule has 0 spiro atoms. The summed E-state index contributed by atoms with van der Waals surface area (Å²) in [5.41, 5.74) is 3.41. The van der Waals surface area contributed by atoms with E-state index < -0.39 is 23.7 Å². The summed E-state index contributed by atoms with van der Waals surface area (Å²) in [5.74, 6) is -1.84. The van der Waals surface area contributed by atoms with Gasteiger partial charge in [-0.25, -0.2) is 4.79 Å². The van der Waals surface area contributed by atoms with E-state index in [-0.39, 0.29) is 16.9 Å². The first kappa shape index (κ1) is 24.7. The van der Waals surface area contributed by atoms with Crippen LogP contribution in [0.15, 0.2) is 72.3 Å². The van der Waals surface area contributed by atoms with E-state index in [9.17, 15) is 19.5 Å². The quantitative estimate of drug-likeness (QED) is 0.229. The van der Waals surface area contributed by atoms with E-state index in [1.165, 1.54) is 18.1 Å². The number of carbonyl (C=O) groups excluding carboxylic acids is 3. The van der Waals surface area contributed by atoms with Gasteiger partial charge in [0.25, 0.3) is 11.7 Å². The van der Waals surface area contributed by atoms with Crippen LogP contribution >= 0.6 is 0 Å². The van der Waals surface area contributed by atoms with Crippen molar-refractivity contribution in [2.24, 2.45) is 0 Å². The highest BCUT2D eigenvalue weighted by atomic mass is 16.5. The first-order chi connectivity index (χ1) is 17.3. The molecule has 4 rings (SSSR count). The van der Waals surface area contributed by atoms with E-state index in [0.717, 1.165) is 12.0 Å². The van der Waals surface area contributed by atoms with Crippen LogP contribution in [0.2, 0.25) is 0 Å². The highest BCUT2D eigenvalue weighted by Crippen LogP contribution is 2.43. The van der Waals surface area contributed by atoms with Crippen molar-refractivity contribution in [2.45, 2.75) is 26.3 Å². The van der Waals surface area contributed by atoms with Gasteiger partial charge in [0.2, 0.25) is 0 Å². The molecule has 0 bridgehead atoms. The van der Waals surface area contributed by atoms with Gasteiger partial charge in [-0.3, -0.25) is 14.5 Å². The van der Waals surface area contributed by atoms with Crippen molar-refractivity contribution < 1.29 is 29.0 Å². The van der Waals surface area contributed by atoms with E-state index in [4.69, 9.17) is 9.47 Å². The molecule has 1 saturated heterocycles. The standard InChI is InChI=1S/C29H27NO6/c1-5-18-9-11-19(12-10-18)25-24(26(31)23-14-13-22(35-3)15-17(23)2)27(32)28(33)30(25)21-8-6-7-20(16-21)29(34)36-4/h6-16,25,31H,5H2,1-4H3/b26-24-. The lowest BCUT2D eigenvalue weighted by atomic mass is 9.93. The third-order valence-electron chi connectivity index (χ3n) is 6.38. The Morgan fingerprint density at radius 3 is 2.33 bits per heavy atom. The highest BCUT2D eigenvalue weighted by Gasteiger charge is 2.47. The number of aliphatic hydroxyl groups excluding tert-OH is 1. The summed E-state index contributed by atoms with van der Waals surface area (Å²) in [5, 5.41) is 11.4. The van der Waals surface area contributed by atoms with E-state index >= 15 is 0 Å². The molecule has 7 heteroatoms. The molecule has 0 aromatic heterocycles. The number of aliphatic hydroxyl groups is 1. The molecule has 1 N–H and O–H groups in total. The summed E-state index contributed by atoms with van der Waals surface area (Å²) < 4.78 is 10.1. The molecule has 7 nitrogen and oxygen atoms in total. The first-order valence-electron chi connectivity index (χ1n) is 11.5. The lowest BCUT2D eigenvalue weighted by molar-refractivity contribution is -0.132. The Balaban J connectivity index is 1.94. The summed E-state index contributed by atoms with van der Waals surface area (Å²) in [6.07, 6.45) is 0.826. The van der Waals surface area contributed by atoms with E-state index in [0.29, 0.717) is 28.1 Å². The number of ketones is 1. The summed E-state index contributed by atoms with van der Waals surface area (Å²) >= 11 is 0. The van der Waals surface area contributed by atoms with Gasteiger partial charge in [-0.15, -0.1) is 0 Å². The summed E-state index contributed by atoms with van der Waals surface area (Å²) in [6, 6.07) is 18.1. The van der Waals surface area contributed by atoms with Crippen molar-refractivity contribution in [3.63, 3.8) is 0 Å². The molecule has 1 amide bonds. The molecule has 1 fully saturated rings. The van der Waals surface area contributed by atoms with Gasteiger partial charge in [0.1, 0.15) is 11.5 Å². The van der Waals surface area contributed by atoms with E-state index in [1.807, 2.05) is 31.2 Å². The zero-order valence-electron chi connectivity index (χ0n) is 20.6. The van der Waals surface area contributed by atoms with Crippen LogP contribution in [-0.2, 0) is 20.7 Å². The average Bonchev–Trinajstić information content (AvgIpc) is 3.17. The summed E-state index contributed by atoms with van der Waals surface area (Å²) in [4.78, 5) is 40.2. The number of amides is 1. The zero-order chi connectivity index (χ0) is 26.0. The monoisotopic (exact) mass is 485 g/mol. The molecule has 1 aliphatic rings. The van der Waals surface area contributed by atoms with Crippen molar-refractivity contribution in [3.8, 4) is 5.75 Å². The number of hydrogen-bond acceptors (Lipinski definition) is 6. The Morgan fingerprint density at radius 2 is 1.72 bits per heavy atom. The number of nitrogens with zero attached hydrogens (tertiary/aromatic N) is 1. The first-order valence-corrected chi connectivity index (χ1v) is 11.5. The van der Waals surface area contributed by atoms with Gasteiger partial charge in [0.15, 0.2) is 0 Å². The lowest BCUT2D eigenvalue weighted by Crippen LogP contribution is -2.29. The molecule has 1 aliphatic heterocycles. The van der Waals surface area contributed by atoms with Crippen LogP contribution in [0.4, 0.5) is 5.69 Å². The third kappa shape index (κ3) is 4.35. The normalized spacial score (nSPS) is 16.8. The molecule has 3 aromatic rings. The maximum Gasteiger partial charge on any atom is 0.337 e. The second-order valence-electron chi connectivity index (χ2n) is 8.49. The highest BCUT2D eigenvalue weighted by molar-refractivity contribution is 6.51. The number of rotatable bonds is 6. The molecular weight excluding hydrogens is 458 g/mol. The van der Waals surface area contributed by atoms with Gasteiger partial charge in [-0.05, 0) is 66.4 Å². The van der Waals surface area contributed by atoms with Gasteiger partial charge in [-0.1, -0.05) is 37.3 Å². The molecule has 36 heavy (non-hydrogen) atoms. The number of aryl methyl sites for hydroxylation is 2. The van der Waals surface area contributed by atoms with Gasteiger partial charge in [0, 0.05) is 11.3 Å². The second-order valence-corrected chi connectivity index (χ2v) is 8.49. The number of carbonyl (C=O) groups is 3. The number of esters is 1. The molecule has 1 heterocycles. The summed E-state index contributed by atoms with van der Waals surface area (Å²) in [7, 11) is 2.82. The van der Waals surface area contributed by atoms with Crippen LogP contribution in [0, 0.1) is 6.92 Å². The van der Waals surface area contributed by atoms with Crippen LogP contribution < -0.4 is 9.64 Å². The topological polar surface area (TPSA) is 93.1 Å². The van der Waals surface area contributed by atoms with Crippen LogP contribution in [0.25, 0.3) is 5.76 Å². The van der Waals surface area contributed by atoms with Gasteiger partial charge < -0.3 is 14.6 Å². The third-order valence-corrected chi connectivity index (χ3v) is 6.38. The van der Waals surface area contributed by atoms with Gasteiger partial charge >= 0.3 is 5.97 Å². The Hall–Kier alpha value is -4.39. The molecule has 1 atom stereocenters. The molecule has 184 valence electrons. The zero-order valence-corrected chi connectivity index (χ0v) is 20.6. The number of hydrogen-bond donors (Lipinski definition) is 1. The number of ether oxygens (including phenoxy) is 2. The maximum atomic E-state index is 13.4. The van der Waals surface area contributed by atoms with Crippen LogP contribution in [-0.4, -0.2) is 37.0 Å². The lowest BCUT2D eigenvalue weighted by Gasteiger charge is -2.26. The van der Waals surface area contributed by atoms with Crippen LogP contribution in [0.3, 0.4) is 0 Å². The molecule has 1 unspecified atom stereocenters. The SMILES string of the molecule is CCc1ccc(C2/C(=C(/O)c3ccc(OC)cc3C)C(=O)C(=O)N2c2cccc(C(=O)OC)c2)cc1. The minimum absolute atomic E-state index is 0.0269. The van der Waals surface area contributed by atoms with Crippen LogP contribution in [0.5, 0.6) is 5.75 Å². The number of anilines is 1. The van der Waals surface area contributed by atoms with Gasteiger partial charge in [0.05, 0.1) is 31.4 Å². The molecule has 0 radical (unpaired) electrons. The van der Waals surface area contributed by atoms with Crippen molar-refractivity contribution >= 4 is 29.1 Å². The number of methoxy groups -OCH3 is 2. The van der Waals surface area contributed by atoms with Crippen molar-refractivity contribution in [1.29, 1.82) is 0 Å². The van der Waals surface area contributed by atoms with Crippen molar-refractivity contribution in [2.75, 3.05) is 19.1 Å². The van der Waals surface area contributed by atoms with Crippen LogP contribution in [0.1, 0.15) is 45.6 Å². The minimum Gasteiger partial charge on any atom is -0.507 e. The second kappa shape index (κ2) is 10.1. The van der Waals surface area contributed by atoms with E-state index in [2.05, 4.69) is 0 Å². The van der Waals surface area contributed by atoms with Crippen molar-refractivity contribution in [3.05, 3.63) is 100 Å². The fraction of sp³-hybridized carbons (Fsp3) is 0.207. The Morgan fingerprint density at radius 1 is 1.00 bits per heavy atom. The molecule has 3 aromatic carbocycles. The Labute approximate surface area is 209 Å². The molecular formula is C29H27NO6. The predicted molar refractivity (Wildman–Crippen MR) is 136 cm³/mol. The predicted octanol–water partition coefficient (Wildman–Crippen LogP) is 4.98. The fourth-order valence-electron chi connectivity index (χ4n) is 4.42. The fourth-order valence-corrected chi connectivity index (χ4v) is 4.42. The number of Topliss-reactive ketones (excluding diaryl/α,β-unsaturated/α-hetero) is 1. The number of benzene rings is 3. The summed E-state index contributed by atoms with van der Waals surface area (Å²) in [6.45, 7) is 3.82. The smallest absolute Gasteiger partial charge is 0.337 e. The van der Waals surface area contributed by atoms with E-state index in [1.54, 1.807) is 50.4 Å². The van der Waals surface area contributed by atoms with Gasteiger partial charge in [-0.2, -0.15) is 0 Å². The largest absolute Gasteiger partial charge is 0.507 e.